The molecule has 2 atom stereocenters. The summed E-state index contributed by atoms with van der Waals surface area (Å²) in [4.78, 5) is 12.0. The third kappa shape index (κ3) is 5.11. The van der Waals surface area contributed by atoms with Gasteiger partial charge in [-0.3, -0.25) is 4.79 Å². The number of nitrogens with one attached hydrogen (secondary N) is 2. The molecule has 2 unspecified atom stereocenters. The number of piperidine rings is 1. The predicted molar refractivity (Wildman–Crippen MR) is 76.0 cm³/mol. The largest absolute Gasteiger partial charge is 0.375 e. The number of carbonyl (C=O) groups is 1. The zero-order chi connectivity index (χ0) is 13.7. The van der Waals surface area contributed by atoms with Crippen molar-refractivity contribution in [1.82, 2.24) is 10.6 Å². The van der Waals surface area contributed by atoms with Gasteiger partial charge in [-0.25, -0.2) is 0 Å². The molecule has 110 valence electrons. The van der Waals surface area contributed by atoms with Crippen molar-refractivity contribution in [2.75, 3.05) is 19.7 Å². The Bertz CT molecular complexity index is 299. The molecule has 4 nitrogen and oxygen atoms in total. The van der Waals surface area contributed by atoms with Crippen LogP contribution in [0.5, 0.6) is 0 Å². The first-order valence-corrected chi connectivity index (χ1v) is 7.69. The molecule has 2 aliphatic heterocycles. The van der Waals surface area contributed by atoms with Crippen molar-refractivity contribution in [3.8, 4) is 0 Å². The summed E-state index contributed by atoms with van der Waals surface area (Å²) in [5, 5.41) is 6.58. The van der Waals surface area contributed by atoms with E-state index in [9.17, 15) is 4.79 Å². The van der Waals surface area contributed by atoms with Crippen LogP contribution in [-0.4, -0.2) is 37.2 Å². The van der Waals surface area contributed by atoms with E-state index in [0.29, 0.717) is 18.4 Å². The molecule has 19 heavy (non-hydrogen) atoms. The van der Waals surface area contributed by atoms with E-state index in [1.54, 1.807) is 0 Å². The van der Waals surface area contributed by atoms with E-state index in [4.69, 9.17) is 4.74 Å². The Morgan fingerprint density at radius 3 is 2.95 bits per heavy atom. The predicted octanol–water partition coefficient (Wildman–Crippen LogP) is 1.84. The molecule has 1 amide bonds. The SMILES string of the molecule is CC1(C)CC(NC(=O)CCC2CCCNC2)CCO1. The van der Waals surface area contributed by atoms with Crippen LogP contribution in [0.2, 0.25) is 0 Å². The normalized spacial score (nSPS) is 30.8. The Morgan fingerprint density at radius 1 is 1.42 bits per heavy atom. The number of ether oxygens (including phenoxy) is 1. The average Bonchev–Trinajstić information content (AvgIpc) is 2.36. The van der Waals surface area contributed by atoms with E-state index in [-0.39, 0.29) is 11.5 Å². The first-order chi connectivity index (χ1) is 9.05. The minimum absolute atomic E-state index is 0.0938. The summed E-state index contributed by atoms with van der Waals surface area (Å²) in [5.74, 6) is 0.902. The maximum Gasteiger partial charge on any atom is 0.220 e. The third-order valence-corrected chi connectivity index (χ3v) is 4.24. The number of hydrogen-bond donors (Lipinski definition) is 2. The highest BCUT2D eigenvalue weighted by atomic mass is 16.5. The first-order valence-electron chi connectivity index (χ1n) is 7.69. The molecule has 2 heterocycles. The number of hydrogen-bond acceptors (Lipinski definition) is 3. The molecule has 0 saturated carbocycles. The van der Waals surface area contributed by atoms with Gasteiger partial charge in [-0.2, -0.15) is 0 Å². The molecule has 2 fully saturated rings. The summed E-state index contributed by atoms with van der Waals surface area (Å²) >= 11 is 0. The summed E-state index contributed by atoms with van der Waals surface area (Å²) in [6.45, 7) is 7.17. The molecule has 0 aliphatic carbocycles. The molecule has 2 aliphatic rings. The second-order valence-electron chi connectivity index (χ2n) is 6.62. The highest BCUT2D eigenvalue weighted by Gasteiger charge is 2.29. The topological polar surface area (TPSA) is 50.4 Å². The summed E-state index contributed by atoms with van der Waals surface area (Å²) in [6.07, 6.45) is 6.07. The molecule has 0 aromatic carbocycles. The van der Waals surface area contributed by atoms with Crippen LogP contribution in [0.15, 0.2) is 0 Å². The molecular formula is C15H28N2O2. The quantitative estimate of drug-likeness (QED) is 0.818. The lowest BCUT2D eigenvalue weighted by molar-refractivity contribution is -0.124. The molecule has 2 N–H and O–H groups in total. The van der Waals surface area contributed by atoms with Gasteiger partial charge in [-0.05, 0) is 65.0 Å². The zero-order valence-corrected chi connectivity index (χ0v) is 12.3. The van der Waals surface area contributed by atoms with Crippen molar-refractivity contribution in [2.45, 2.75) is 64.0 Å². The van der Waals surface area contributed by atoms with E-state index in [2.05, 4.69) is 24.5 Å². The molecule has 4 heteroatoms. The summed E-state index contributed by atoms with van der Waals surface area (Å²) in [5.41, 5.74) is -0.0938. The maximum absolute atomic E-state index is 12.0. The minimum Gasteiger partial charge on any atom is -0.375 e. The molecule has 0 aromatic rings. The minimum atomic E-state index is -0.0938. The Morgan fingerprint density at radius 2 is 2.26 bits per heavy atom. The number of amides is 1. The third-order valence-electron chi connectivity index (χ3n) is 4.24. The highest BCUT2D eigenvalue weighted by molar-refractivity contribution is 5.76. The van der Waals surface area contributed by atoms with Crippen LogP contribution < -0.4 is 10.6 Å². The molecule has 0 bridgehead atoms. The van der Waals surface area contributed by atoms with Crippen molar-refractivity contribution in [2.24, 2.45) is 5.92 Å². The second-order valence-corrected chi connectivity index (χ2v) is 6.62. The van der Waals surface area contributed by atoms with Crippen LogP contribution in [0, 0.1) is 5.92 Å². The van der Waals surface area contributed by atoms with E-state index < -0.39 is 0 Å². The van der Waals surface area contributed by atoms with Crippen LogP contribution in [0.25, 0.3) is 0 Å². The van der Waals surface area contributed by atoms with Gasteiger partial charge in [-0.15, -0.1) is 0 Å². The van der Waals surface area contributed by atoms with Crippen LogP contribution in [0.4, 0.5) is 0 Å². The number of rotatable bonds is 4. The summed E-state index contributed by atoms with van der Waals surface area (Å²) in [7, 11) is 0. The van der Waals surface area contributed by atoms with Gasteiger partial charge in [0, 0.05) is 19.1 Å². The molecule has 0 radical (unpaired) electrons. The first kappa shape index (κ1) is 14.8. The Kier molecular flexibility index (Phi) is 5.22. The standard InChI is InChI=1S/C15H28N2O2/c1-15(2)10-13(7-9-19-15)17-14(18)6-5-12-4-3-8-16-11-12/h12-13,16H,3-11H2,1-2H3,(H,17,18). The zero-order valence-electron chi connectivity index (χ0n) is 12.3. The molecule has 2 rings (SSSR count). The van der Waals surface area contributed by atoms with Gasteiger partial charge >= 0.3 is 0 Å². The Hall–Kier alpha value is -0.610. The van der Waals surface area contributed by atoms with Crippen LogP contribution in [0.3, 0.4) is 0 Å². The molecule has 0 aromatic heterocycles. The van der Waals surface area contributed by atoms with Gasteiger partial charge in [0.15, 0.2) is 0 Å². The fourth-order valence-corrected chi connectivity index (χ4v) is 3.16. The molecule has 2 saturated heterocycles. The monoisotopic (exact) mass is 268 g/mol. The second kappa shape index (κ2) is 6.71. The van der Waals surface area contributed by atoms with E-state index in [1.807, 2.05) is 0 Å². The van der Waals surface area contributed by atoms with Crippen LogP contribution in [-0.2, 0) is 9.53 Å². The number of carbonyl (C=O) groups excluding carboxylic acids is 1. The Labute approximate surface area is 116 Å². The van der Waals surface area contributed by atoms with Crippen molar-refractivity contribution in [1.29, 1.82) is 0 Å². The fourth-order valence-electron chi connectivity index (χ4n) is 3.16. The maximum atomic E-state index is 12.0. The highest BCUT2D eigenvalue weighted by Crippen LogP contribution is 2.24. The fraction of sp³-hybridized carbons (Fsp3) is 0.933. The van der Waals surface area contributed by atoms with E-state index in [1.165, 1.54) is 12.8 Å². The molecular weight excluding hydrogens is 240 g/mol. The van der Waals surface area contributed by atoms with E-state index in [0.717, 1.165) is 39.0 Å². The smallest absolute Gasteiger partial charge is 0.220 e. The van der Waals surface area contributed by atoms with Gasteiger partial charge in [0.1, 0.15) is 0 Å². The lowest BCUT2D eigenvalue weighted by Crippen LogP contribution is -2.45. The Balaban J connectivity index is 1.66. The van der Waals surface area contributed by atoms with Crippen molar-refractivity contribution >= 4 is 5.91 Å². The van der Waals surface area contributed by atoms with Gasteiger partial charge in [0.05, 0.1) is 5.60 Å². The molecule has 0 spiro atoms. The summed E-state index contributed by atoms with van der Waals surface area (Å²) < 4.78 is 5.67. The lowest BCUT2D eigenvalue weighted by Gasteiger charge is -2.35. The van der Waals surface area contributed by atoms with Crippen LogP contribution in [0.1, 0.15) is 52.4 Å². The van der Waals surface area contributed by atoms with Crippen molar-refractivity contribution in [3.05, 3.63) is 0 Å². The van der Waals surface area contributed by atoms with Crippen molar-refractivity contribution in [3.63, 3.8) is 0 Å². The van der Waals surface area contributed by atoms with E-state index >= 15 is 0 Å². The lowest BCUT2D eigenvalue weighted by atomic mass is 9.92. The van der Waals surface area contributed by atoms with Gasteiger partial charge in [0.2, 0.25) is 5.91 Å². The average molecular weight is 268 g/mol. The van der Waals surface area contributed by atoms with Gasteiger partial charge < -0.3 is 15.4 Å². The van der Waals surface area contributed by atoms with Gasteiger partial charge in [0.25, 0.3) is 0 Å². The summed E-state index contributed by atoms with van der Waals surface area (Å²) in [6, 6.07) is 0.292. The van der Waals surface area contributed by atoms with Crippen LogP contribution >= 0.6 is 0 Å². The van der Waals surface area contributed by atoms with Crippen molar-refractivity contribution < 1.29 is 9.53 Å². The van der Waals surface area contributed by atoms with Gasteiger partial charge in [-0.1, -0.05) is 0 Å².